The van der Waals surface area contributed by atoms with Gasteiger partial charge >= 0.3 is 6.43 Å². The van der Waals surface area contributed by atoms with Crippen LogP contribution in [0.5, 0.6) is 0 Å². The first-order valence-electron chi connectivity index (χ1n) is 9.85. The molecule has 0 aliphatic rings. The van der Waals surface area contributed by atoms with Gasteiger partial charge < -0.3 is 10.2 Å². The number of azo groups is 1. The number of allylic oxidation sites excluding steroid dienone is 1. The molecule has 0 saturated carbocycles. The Balaban J connectivity index is 0.000000192. The fraction of sp³-hybridized carbons (Fsp3) is 0.238. The van der Waals surface area contributed by atoms with Gasteiger partial charge in [0.15, 0.2) is 11.6 Å². The monoisotopic (exact) mass is 493 g/mol. The van der Waals surface area contributed by atoms with Crippen LogP contribution in [0, 0.1) is 11.6 Å². The van der Waals surface area contributed by atoms with E-state index < -0.39 is 29.8 Å². The van der Waals surface area contributed by atoms with Crippen LogP contribution in [0.3, 0.4) is 0 Å². The van der Waals surface area contributed by atoms with Crippen molar-refractivity contribution in [2.75, 3.05) is 12.8 Å². The zero-order chi connectivity index (χ0) is 24.8. The maximum Gasteiger partial charge on any atom is 0.314 e. The molecule has 0 saturated heterocycles. The second kappa shape index (κ2) is 10.9. The highest BCUT2D eigenvalue weighted by molar-refractivity contribution is 7.19. The number of hydrogen-bond donors (Lipinski definition) is 1. The van der Waals surface area contributed by atoms with Crippen LogP contribution in [-0.2, 0) is 6.42 Å². The van der Waals surface area contributed by atoms with Gasteiger partial charge in [-0.25, -0.2) is 18.7 Å². The third-order valence-corrected chi connectivity index (χ3v) is 5.56. The third kappa shape index (κ3) is 5.25. The standard InChI is InChI=1S/C11H8F4N2O.C10H11N5S/c1-2-5-3-4-6(8(13)7(5)12)10-16-17-11(18-10)9(14)15;1-3-7(15-12-2)8-4-6-9(11)13-5-14-10(6)16-8/h3-4,9H,2H2,1H3;3-5H,1-2H3,(H2,11,13,14)/b;7-3-,15-12?. The van der Waals surface area contributed by atoms with Gasteiger partial charge in [0.25, 0.3) is 11.8 Å². The van der Waals surface area contributed by atoms with Gasteiger partial charge in [-0.3, -0.25) is 0 Å². The molecule has 0 aliphatic heterocycles. The second-order valence-electron chi connectivity index (χ2n) is 6.56. The van der Waals surface area contributed by atoms with E-state index in [1.54, 1.807) is 14.0 Å². The number of hydrogen-bond acceptors (Lipinski definition) is 9. The third-order valence-electron chi connectivity index (χ3n) is 4.49. The number of aryl methyl sites for hydroxylation is 1. The topological polar surface area (TPSA) is 115 Å². The van der Waals surface area contributed by atoms with Gasteiger partial charge in [-0.1, -0.05) is 19.1 Å². The molecule has 0 spiro atoms. The summed E-state index contributed by atoms with van der Waals surface area (Å²) in [6.07, 6.45) is 0.736. The van der Waals surface area contributed by atoms with Crippen molar-refractivity contribution in [1.29, 1.82) is 0 Å². The van der Waals surface area contributed by atoms with Crippen molar-refractivity contribution in [2.24, 2.45) is 10.2 Å². The molecule has 2 N–H and O–H groups in total. The predicted octanol–water partition coefficient (Wildman–Crippen LogP) is 6.23. The molecule has 0 amide bonds. The molecule has 3 heterocycles. The Kier molecular flexibility index (Phi) is 7.99. The number of nitrogens with zero attached hydrogens (tertiary/aromatic N) is 6. The van der Waals surface area contributed by atoms with Crippen molar-refractivity contribution in [2.45, 2.75) is 26.7 Å². The highest BCUT2D eigenvalue weighted by Crippen LogP contribution is 2.32. The lowest BCUT2D eigenvalue weighted by molar-refractivity contribution is 0.116. The molecule has 0 fully saturated rings. The number of alkyl halides is 2. The molecule has 0 radical (unpaired) electrons. The van der Waals surface area contributed by atoms with Crippen molar-refractivity contribution in [1.82, 2.24) is 20.2 Å². The van der Waals surface area contributed by atoms with E-state index in [1.807, 2.05) is 19.1 Å². The molecule has 8 nitrogen and oxygen atoms in total. The van der Waals surface area contributed by atoms with Crippen LogP contribution in [0.25, 0.3) is 27.4 Å². The van der Waals surface area contributed by atoms with Gasteiger partial charge in [0.1, 0.15) is 17.0 Å². The van der Waals surface area contributed by atoms with Crippen molar-refractivity contribution < 1.29 is 22.0 Å². The maximum atomic E-state index is 13.7. The van der Waals surface area contributed by atoms with Gasteiger partial charge in [0.05, 0.1) is 21.5 Å². The first-order valence-corrected chi connectivity index (χ1v) is 10.7. The summed E-state index contributed by atoms with van der Waals surface area (Å²) >= 11 is 1.53. The zero-order valence-corrected chi connectivity index (χ0v) is 19.1. The Bertz CT molecular complexity index is 1350. The maximum absolute atomic E-state index is 13.7. The summed E-state index contributed by atoms with van der Waals surface area (Å²) in [6, 6.07) is 4.51. The van der Waals surface area contributed by atoms with Gasteiger partial charge in [0.2, 0.25) is 0 Å². The molecule has 3 aromatic heterocycles. The van der Waals surface area contributed by atoms with E-state index in [0.717, 1.165) is 20.8 Å². The number of benzene rings is 1. The van der Waals surface area contributed by atoms with Crippen LogP contribution in [0.1, 0.15) is 36.6 Å². The minimum Gasteiger partial charge on any atom is -0.415 e. The molecular formula is C21H19F4N7OS. The van der Waals surface area contributed by atoms with Crippen molar-refractivity contribution in [3.8, 4) is 11.5 Å². The molecule has 178 valence electrons. The average Bonchev–Trinajstić information content (AvgIpc) is 3.48. The Labute approximate surface area is 195 Å². The second-order valence-corrected chi connectivity index (χ2v) is 7.59. The minimum atomic E-state index is -2.95. The number of halogens is 4. The van der Waals surface area contributed by atoms with E-state index in [9.17, 15) is 17.6 Å². The van der Waals surface area contributed by atoms with Crippen molar-refractivity contribution >= 4 is 33.1 Å². The summed E-state index contributed by atoms with van der Waals surface area (Å²) < 4.78 is 56.2. The van der Waals surface area contributed by atoms with E-state index in [0.29, 0.717) is 12.2 Å². The number of rotatable bonds is 5. The molecule has 4 rings (SSSR count). The van der Waals surface area contributed by atoms with Crippen LogP contribution in [0.15, 0.2) is 45.2 Å². The average molecular weight is 493 g/mol. The minimum absolute atomic E-state index is 0.185. The summed E-state index contributed by atoms with van der Waals surface area (Å²) in [5, 5.41) is 15.0. The van der Waals surface area contributed by atoms with Crippen molar-refractivity contribution in [3.05, 3.63) is 58.6 Å². The van der Waals surface area contributed by atoms with Crippen LogP contribution < -0.4 is 5.73 Å². The summed E-state index contributed by atoms with van der Waals surface area (Å²) in [4.78, 5) is 9.98. The van der Waals surface area contributed by atoms with Gasteiger partial charge in [0, 0.05) is 7.05 Å². The fourth-order valence-corrected chi connectivity index (χ4v) is 3.84. The normalized spacial score (nSPS) is 11.9. The SMILES string of the molecule is C/C=C(\N=NC)c1cc2c(N)ncnc2s1.CCc1ccc(-c2nnc(C(F)F)o2)c(F)c1F. The first-order chi connectivity index (χ1) is 16.3. The largest absolute Gasteiger partial charge is 0.415 e. The van der Waals surface area contributed by atoms with Crippen LogP contribution >= 0.6 is 11.3 Å². The molecule has 13 heteroatoms. The van der Waals surface area contributed by atoms with Gasteiger partial charge in [-0.2, -0.15) is 19.0 Å². The Morgan fingerprint density at radius 1 is 1.21 bits per heavy atom. The van der Waals surface area contributed by atoms with Crippen LogP contribution in [0.4, 0.5) is 23.4 Å². The summed E-state index contributed by atoms with van der Waals surface area (Å²) in [5.41, 5.74) is 6.45. The number of aromatic nitrogens is 4. The van der Waals surface area contributed by atoms with E-state index in [-0.39, 0.29) is 11.1 Å². The van der Waals surface area contributed by atoms with E-state index in [2.05, 4.69) is 34.8 Å². The van der Waals surface area contributed by atoms with E-state index in [4.69, 9.17) is 5.73 Å². The van der Waals surface area contributed by atoms with Gasteiger partial charge in [-0.15, -0.1) is 21.5 Å². The first kappa shape index (κ1) is 24.9. The molecule has 0 bridgehead atoms. The quantitative estimate of drug-likeness (QED) is 0.260. The number of thiophene rings is 1. The lowest BCUT2D eigenvalue weighted by atomic mass is 10.1. The highest BCUT2D eigenvalue weighted by atomic mass is 32.1. The van der Waals surface area contributed by atoms with Crippen LogP contribution in [-0.4, -0.2) is 27.2 Å². The molecule has 1 aromatic carbocycles. The molecule has 0 atom stereocenters. The molecule has 0 aliphatic carbocycles. The molecular weight excluding hydrogens is 474 g/mol. The molecule has 4 aromatic rings. The lowest BCUT2D eigenvalue weighted by Crippen LogP contribution is -1.96. The lowest BCUT2D eigenvalue weighted by Gasteiger charge is -2.03. The number of nitrogen functional groups attached to an aromatic ring is 1. The zero-order valence-electron chi connectivity index (χ0n) is 18.3. The molecule has 0 unspecified atom stereocenters. The number of fused-ring (bicyclic) bond motifs is 1. The van der Waals surface area contributed by atoms with Gasteiger partial charge in [-0.05, 0) is 31.0 Å². The smallest absolute Gasteiger partial charge is 0.314 e. The van der Waals surface area contributed by atoms with Crippen LogP contribution in [0.2, 0.25) is 0 Å². The number of anilines is 1. The summed E-state index contributed by atoms with van der Waals surface area (Å²) in [5.74, 6) is -3.12. The number of nitrogens with two attached hydrogens (primary N) is 1. The van der Waals surface area contributed by atoms with Crippen molar-refractivity contribution in [3.63, 3.8) is 0 Å². The summed E-state index contributed by atoms with van der Waals surface area (Å²) in [6.45, 7) is 3.59. The Hall–Kier alpha value is -3.74. The summed E-state index contributed by atoms with van der Waals surface area (Å²) in [7, 11) is 1.64. The van der Waals surface area contributed by atoms with E-state index >= 15 is 0 Å². The fourth-order valence-electron chi connectivity index (χ4n) is 2.82. The Morgan fingerprint density at radius 2 is 1.97 bits per heavy atom. The Morgan fingerprint density at radius 3 is 2.56 bits per heavy atom. The predicted molar refractivity (Wildman–Crippen MR) is 120 cm³/mol. The van der Waals surface area contributed by atoms with E-state index in [1.165, 1.54) is 29.8 Å². The molecule has 34 heavy (non-hydrogen) atoms. The highest BCUT2D eigenvalue weighted by Gasteiger charge is 2.21.